The fraction of sp³-hybridized carbons (Fsp3) is 0.529. The van der Waals surface area contributed by atoms with Crippen LogP contribution < -0.4 is 5.32 Å². The number of nitrogens with one attached hydrogen (secondary N) is 1. The van der Waals surface area contributed by atoms with Crippen LogP contribution in [0, 0.1) is 5.92 Å². The Balaban J connectivity index is 2.58. The molecule has 0 aromatic heterocycles. The van der Waals surface area contributed by atoms with Crippen LogP contribution in [0.4, 0.5) is 0 Å². The zero-order valence-corrected chi connectivity index (χ0v) is 15.5. The highest BCUT2D eigenvalue weighted by atomic mass is 32.2. The maximum atomic E-state index is 12.4. The van der Waals surface area contributed by atoms with Crippen LogP contribution in [0.1, 0.15) is 44.0 Å². The first kappa shape index (κ1) is 20.3. The lowest BCUT2D eigenvalue weighted by atomic mass is 10.2. The molecule has 0 aliphatic carbocycles. The van der Waals surface area contributed by atoms with Gasteiger partial charge in [0.05, 0.1) is 4.90 Å². The minimum absolute atomic E-state index is 0.0692. The Kier molecular flexibility index (Phi) is 7.57. The maximum absolute atomic E-state index is 12.4. The fourth-order valence-electron chi connectivity index (χ4n) is 2.03. The first-order valence-electron chi connectivity index (χ1n) is 7.98. The summed E-state index contributed by atoms with van der Waals surface area (Å²) in [7, 11) is -2.13. The molecule has 1 aromatic carbocycles. The van der Waals surface area contributed by atoms with Crippen molar-refractivity contribution in [1.29, 1.82) is 0 Å². The van der Waals surface area contributed by atoms with Gasteiger partial charge in [-0.3, -0.25) is 9.59 Å². The van der Waals surface area contributed by atoms with Crippen LogP contribution in [-0.2, 0) is 14.8 Å². The van der Waals surface area contributed by atoms with Gasteiger partial charge in [0.15, 0.2) is 5.78 Å². The number of benzene rings is 1. The Morgan fingerprint density at radius 3 is 2.25 bits per heavy atom. The second-order valence-corrected chi connectivity index (χ2v) is 8.25. The van der Waals surface area contributed by atoms with Gasteiger partial charge in [0.25, 0.3) is 0 Å². The number of rotatable bonds is 9. The van der Waals surface area contributed by atoms with Crippen molar-refractivity contribution >= 4 is 21.7 Å². The van der Waals surface area contributed by atoms with Crippen molar-refractivity contribution in [1.82, 2.24) is 9.62 Å². The van der Waals surface area contributed by atoms with Gasteiger partial charge in [0.1, 0.15) is 0 Å². The quantitative estimate of drug-likeness (QED) is 0.688. The predicted molar refractivity (Wildman–Crippen MR) is 93.3 cm³/mol. The average molecular weight is 354 g/mol. The summed E-state index contributed by atoms with van der Waals surface area (Å²) in [6, 6.07) is 5.86. The van der Waals surface area contributed by atoms with E-state index in [1.54, 1.807) is 0 Å². The van der Waals surface area contributed by atoms with Gasteiger partial charge < -0.3 is 5.32 Å². The van der Waals surface area contributed by atoms with Gasteiger partial charge in [-0.2, -0.15) is 0 Å². The Bertz CT molecular complexity index is 666. The Labute approximate surface area is 144 Å². The van der Waals surface area contributed by atoms with E-state index in [-0.39, 0.29) is 29.6 Å². The van der Waals surface area contributed by atoms with Gasteiger partial charge in [-0.1, -0.05) is 26.0 Å². The largest absolute Gasteiger partial charge is 0.356 e. The zero-order chi connectivity index (χ0) is 18.3. The van der Waals surface area contributed by atoms with Crippen molar-refractivity contribution in [3.63, 3.8) is 0 Å². The van der Waals surface area contributed by atoms with E-state index >= 15 is 0 Å². The number of ketones is 1. The van der Waals surface area contributed by atoms with Crippen molar-refractivity contribution in [3.8, 4) is 0 Å². The van der Waals surface area contributed by atoms with Crippen LogP contribution in [0.3, 0.4) is 0 Å². The fourth-order valence-corrected chi connectivity index (χ4v) is 3.24. The van der Waals surface area contributed by atoms with Gasteiger partial charge in [0.2, 0.25) is 15.9 Å². The number of carbonyl (C=O) groups excluding carboxylic acids is 2. The van der Waals surface area contributed by atoms with E-state index in [1.807, 2.05) is 13.8 Å². The molecule has 0 aliphatic rings. The van der Waals surface area contributed by atoms with Crippen molar-refractivity contribution < 1.29 is 18.0 Å². The van der Waals surface area contributed by atoms with E-state index in [0.29, 0.717) is 24.4 Å². The van der Waals surface area contributed by atoms with E-state index in [0.717, 1.165) is 0 Å². The molecule has 0 bridgehead atoms. The molecule has 1 N–H and O–H groups in total. The number of hydrogen-bond acceptors (Lipinski definition) is 4. The summed E-state index contributed by atoms with van der Waals surface area (Å²) >= 11 is 0. The summed E-state index contributed by atoms with van der Waals surface area (Å²) < 4.78 is 26.1. The first-order chi connectivity index (χ1) is 11.1. The summed E-state index contributed by atoms with van der Waals surface area (Å²) in [6.45, 7) is 6.33. The normalized spacial score (nSPS) is 11.8. The number of carbonyl (C=O) groups is 2. The molecule has 0 saturated carbocycles. The molecule has 1 aromatic rings. The zero-order valence-electron chi connectivity index (χ0n) is 14.7. The lowest BCUT2D eigenvalue weighted by Crippen LogP contribution is -2.30. The summed E-state index contributed by atoms with van der Waals surface area (Å²) in [5.41, 5.74) is 0.471. The smallest absolute Gasteiger partial charge is 0.242 e. The second-order valence-electron chi connectivity index (χ2n) is 6.21. The molecule has 7 heteroatoms. The van der Waals surface area contributed by atoms with Crippen LogP contribution in [0.2, 0.25) is 0 Å². The third kappa shape index (κ3) is 6.05. The number of hydrogen-bond donors (Lipinski definition) is 1. The van der Waals surface area contributed by atoms with Crippen molar-refractivity contribution in [2.75, 3.05) is 20.1 Å². The lowest BCUT2D eigenvalue weighted by molar-refractivity contribution is -0.121. The molecule has 0 aliphatic heterocycles. The van der Waals surface area contributed by atoms with Gasteiger partial charge in [-0.25, -0.2) is 12.7 Å². The van der Waals surface area contributed by atoms with Crippen molar-refractivity contribution in [2.45, 2.75) is 38.5 Å². The monoisotopic (exact) mass is 354 g/mol. The van der Waals surface area contributed by atoms with E-state index in [9.17, 15) is 18.0 Å². The van der Waals surface area contributed by atoms with E-state index < -0.39 is 10.0 Å². The molecular formula is C17H26N2O4S. The van der Waals surface area contributed by atoms with Crippen LogP contribution in [0.5, 0.6) is 0 Å². The van der Waals surface area contributed by atoms with E-state index in [4.69, 9.17) is 0 Å². The molecule has 1 rings (SSSR count). The Hall–Kier alpha value is -1.73. The van der Waals surface area contributed by atoms with Gasteiger partial charge in [-0.05, 0) is 31.4 Å². The number of amides is 1. The predicted octanol–water partition coefficient (Wildman–Crippen LogP) is 2.06. The number of sulfonamides is 1. The highest BCUT2D eigenvalue weighted by molar-refractivity contribution is 7.89. The molecular weight excluding hydrogens is 328 g/mol. The standard InChI is InChI=1S/C17H26N2O4S/c1-13(2)12-18-17(21)6-5-11-19(4)24(22,23)16-9-7-15(8-10-16)14(3)20/h7-10,13H,5-6,11-12H2,1-4H3,(H,18,21). The molecule has 0 fully saturated rings. The molecule has 24 heavy (non-hydrogen) atoms. The highest BCUT2D eigenvalue weighted by Gasteiger charge is 2.20. The molecule has 0 saturated heterocycles. The van der Waals surface area contributed by atoms with Crippen LogP contribution in [0.25, 0.3) is 0 Å². The molecule has 0 unspecified atom stereocenters. The van der Waals surface area contributed by atoms with Crippen LogP contribution >= 0.6 is 0 Å². The molecule has 0 radical (unpaired) electrons. The number of nitrogens with zero attached hydrogens (tertiary/aromatic N) is 1. The Morgan fingerprint density at radius 2 is 1.75 bits per heavy atom. The van der Waals surface area contributed by atoms with Crippen LogP contribution in [-0.4, -0.2) is 44.6 Å². The summed E-state index contributed by atoms with van der Waals surface area (Å²) in [5.74, 6) is 0.204. The van der Waals surface area contributed by atoms with E-state index in [1.165, 1.54) is 42.5 Å². The Morgan fingerprint density at radius 1 is 1.17 bits per heavy atom. The first-order valence-corrected chi connectivity index (χ1v) is 9.42. The highest BCUT2D eigenvalue weighted by Crippen LogP contribution is 2.16. The molecule has 0 heterocycles. The van der Waals surface area contributed by atoms with Gasteiger partial charge in [-0.15, -0.1) is 0 Å². The summed E-state index contributed by atoms with van der Waals surface area (Å²) in [6.07, 6.45) is 0.737. The van der Waals surface area contributed by atoms with Gasteiger partial charge >= 0.3 is 0 Å². The maximum Gasteiger partial charge on any atom is 0.242 e. The summed E-state index contributed by atoms with van der Waals surface area (Å²) in [5, 5.41) is 2.80. The molecule has 1 amide bonds. The summed E-state index contributed by atoms with van der Waals surface area (Å²) in [4.78, 5) is 23.0. The van der Waals surface area contributed by atoms with Crippen LogP contribution in [0.15, 0.2) is 29.2 Å². The molecule has 134 valence electrons. The molecule has 0 atom stereocenters. The topological polar surface area (TPSA) is 83.6 Å². The van der Waals surface area contributed by atoms with Crippen molar-refractivity contribution in [2.24, 2.45) is 5.92 Å². The van der Waals surface area contributed by atoms with Crippen molar-refractivity contribution in [3.05, 3.63) is 29.8 Å². The third-order valence-corrected chi connectivity index (χ3v) is 5.42. The lowest BCUT2D eigenvalue weighted by Gasteiger charge is -2.17. The second kappa shape index (κ2) is 8.94. The third-order valence-electron chi connectivity index (χ3n) is 3.55. The molecule has 6 nitrogen and oxygen atoms in total. The number of Topliss-reactive ketones (excluding diaryl/α,β-unsaturated/α-hetero) is 1. The van der Waals surface area contributed by atoms with Gasteiger partial charge in [0, 0.05) is 32.1 Å². The minimum Gasteiger partial charge on any atom is -0.356 e. The van der Waals surface area contributed by atoms with E-state index in [2.05, 4.69) is 5.32 Å². The molecule has 0 spiro atoms. The SMILES string of the molecule is CC(=O)c1ccc(S(=O)(=O)N(C)CCCC(=O)NCC(C)C)cc1. The average Bonchev–Trinajstić information content (AvgIpc) is 2.52. The minimum atomic E-state index is -3.61.